The smallest absolute Gasteiger partial charge is 0.310 e. The SMILES string of the molecule is C=C(C)C(CCCC(C)C(=O)CCC(C)=O)C(=O)O. The summed E-state index contributed by atoms with van der Waals surface area (Å²) in [5, 5.41) is 9.00. The Hall–Kier alpha value is -1.45. The molecule has 0 aliphatic heterocycles. The van der Waals surface area contributed by atoms with Gasteiger partial charge >= 0.3 is 5.97 Å². The van der Waals surface area contributed by atoms with E-state index in [4.69, 9.17) is 5.11 Å². The molecule has 108 valence electrons. The Morgan fingerprint density at radius 1 is 1.11 bits per heavy atom. The maximum atomic E-state index is 11.7. The van der Waals surface area contributed by atoms with Crippen LogP contribution < -0.4 is 0 Å². The van der Waals surface area contributed by atoms with E-state index in [1.807, 2.05) is 6.92 Å². The van der Waals surface area contributed by atoms with Crippen LogP contribution in [0.2, 0.25) is 0 Å². The van der Waals surface area contributed by atoms with E-state index >= 15 is 0 Å². The highest BCUT2D eigenvalue weighted by Crippen LogP contribution is 2.20. The Labute approximate surface area is 114 Å². The van der Waals surface area contributed by atoms with Gasteiger partial charge in [-0.25, -0.2) is 0 Å². The van der Waals surface area contributed by atoms with Crippen molar-refractivity contribution >= 4 is 17.5 Å². The predicted octanol–water partition coefficient (Wildman–Crippen LogP) is 3.01. The molecule has 19 heavy (non-hydrogen) atoms. The third-order valence-corrected chi connectivity index (χ3v) is 3.30. The molecule has 0 bridgehead atoms. The number of carboxylic acids is 1. The Bertz CT molecular complexity index is 343. The third kappa shape index (κ3) is 7.54. The van der Waals surface area contributed by atoms with Crippen LogP contribution in [0.5, 0.6) is 0 Å². The van der Waals surface area contributed by atoms with Crippen LogP contribution in [-0.4, -0.2) is 22.6 Å². The minimum Gasteiger partial charge on any atom is -0.481 e. The van der Waals surface area contributed by atoms with Gasteiger partial charge in [0.2, 0.25) is 0 Å². The number of hydrogen-bond donors (Lipinski definition) is 1. The van der Waals surface area contributed by atoms with Gasteiger partial charge in [-0.2, -0.15) is 0 Å². The fourth-order valence-electron chi connectivity index (χ4n) is 1.92. The lowest BCUT2D eigenvalue weighted by atomic mass is 9.91. The van der Waals surface area contributed by atoms with Crippen LogP contribution in [0, 0.1) is 11.8 Å². The second-order valence-corrected chi connectivity index (χ2v) is 5.24. The average molecular weight is 268 g/mol. The minimum atomic E-state index is -0.858. The Morgan fingerprint density at radius 2 is 1.68 bits per heavy atom. The van der Waals surface area contributed by atoms with Gasteiger partial charge in [0.05, 0.1) is 5.92 Å². The zero-order valence-corrected chi connectivity index (χ0v) is 12.1. The molecule has 4 nitrogen and oxygen atoms in total. The maximum absolute atomic E-state index is 11.7. The lowest BCUT2D eigenvalue weighted by Gasteiger charge is -2.14. The standard InChI is InChI=1S/C15H24O4/c1-10(2)13(15(18)19)7-5-6-11(3)14(17)9-8-12(4)16/h11,13H,1,5-9H2,2-4H3,(H,18,19). The molecule has 0 rings (SSSR count). The molecular formula is C15H24O4. The summed E-state index contributed by atoms with van der Waals surface area (Å²) in [5.74, 6) is -1.40. The van der Waals surface area contributed by atoms with Crippen molar-refractivity contribution in [2.24, 2.45) is 11.8 Å². The molecule has 4 heteroatoms. The van der Waals surface area contributed by atoms with Crippen LogP contribution in [-0.2, 0) is 14.4 Å². The third-order valence-electron chi connectivity index (χ3n) is 3.30. The molecule has 2 atom stereocenters. The second kappa shape index (κ2) is 8.62. The van der Waals surface area contributed by atoms with Gasteiger partial charge in [0, 0.05) is 18.8 Å². The predicted molar refractivity (Wildman–Crippen MR) is 73.9 cm³/mol. The monoisotopic (exact) mass is 268 g/mol. The fraction of sp³-hybridized carbons (Fsp3) is 0.667. The summed E-state index contributed by atoms with van der Waals surface area (Å²) in [4.78, 5) is 33.5. The van der Waals surface area contributed by atoms with Gasteiger partial charge in [-0.1, -0.05) is 25.5 Å². The van der Waals surface area contributed by atoms with Crippen molar-refractivity contribution in [3.05, 3.63) is 12.2 Å². The Balaban J connectivity index is 4.05. The number of hydrogen-bond acceptors (Lipinski definition) is 3. The van der Waals surface area contributed by atoms with E-state index in [1.165, 1.54) is 6.92 Å². The quantitative estimate of drug-likeness (QED) is 0.618. The molecule has 0 saturated heterocycles. The number of carboxylic acid groups (broad SMARTS) is 1. The molecule has 0 aromatic rings. The molecule has 0 fully saturated rings. The minimum absolute atomic E-state index is 0.0220. The summed E-state index contributed by atoms with van der Waals surface area (Å²) >= 11 is 0. The first-order valence-electron chi connectivity index (χ1n) is 6.66. The zero-order valence-electron chi connectivity index (χ0n) is 12.1. The van der Waals surface area contributed by atoms with E-state index < -0.39 is 11.9 Å². The molecule has 0 aliphatic rings. The summed E-state index contributed by atoms with van der Waals surface area (Å²) < 4.78 is 0. The van der Waals surface area contributed by atoms with Crippen LogP contribution in [0.1, 0.15) is 52.9 Å². The number of ketones is 2. The van der Waals surface area contributed by atoms with Crippen LogP contribution >= 0.6 is 0 Å². The first-order chi connectivity index (χ1) is 8.75. The van der Waals surface area contributed by atoms with E-state index in [9.17, 15) is 14.4 Å². The second-order valence-electron chi connectivity index (χ2n) is 5.24. The number of carbonyl (C=O) groups is 3. The van der Waals surface area contributed by atoms with Crippen molar-refractivity contribution in [1.82, 2.24) is 0 Å². The van der Waals surface area contributed by atoms with Gasteiger partial charge in [0.15, 0.2) is 0 Å². The zero-order chi connectivity index (χ0) is 15.0. The molecule has 0 radical (unpaired) electrons. The van der Waals surface area contributed by atoms with Gasteiger partial charge in [0.25, 0.3) is 0 Å². The molecule has 2 unspecified atom stereocenters. The average Bonchev–Trinajstić information content (AvgIpc) is 2.29. The highest BCUT2D eigenvalue weighted by Gasteiger charge is 2.19. The highest BCUT2D eigenvalue weighted by atomic mass is 16.4. The molecular weight excluding hydrogens is 244 g/mol. The van der Waals surface area contributed by atoms with E-state index in [1.54, 1.807) is 6.92 Å². The van der Waals surface area contributed by atoms with Gasteiger partial charge in [-0.3, -0.25) is 9.59 Å². The van der Waals surface area contributed by atoms with Crippen LogP contribution in [0.3, 0.4) is 0 Å². The molecule has 0 aliphatic carbocycles. The highest BCUT2D eigenvalue weighted by molar-refractivity contribution is 5.86. The summed E-state index contributed by atoms with van der Waals surface area (Å²) in [6, 6.07) is 0. The van der Waals surface area contributed by atoms with Crippen molar-refractivity contribution in [1.29, 1.82) is 0 Å². The van der Waals surface area contributed by atoms with Crippen molar-refractivity contribution < 1.29 is 19.5 Å². The molecule has 0 aromatic heterocycles. The van der Waals surface area contributed by atoms with E-state index in [0.29, 0.717) is 37.7 Å². The first kappa shape index (κ1) is 17.6. The van der Waals surface area contributed by atoms with E-state index in [2.05, 4.69) is 6.58 Å². The largest absolute Gasteiger partial charge is 0.481 e. The fourth-order valence-corrected chi connectivity index (χ4v) is 1.92. The Morgan fingerprint density at radius 3 is 2.11 bits per heavy atom. The molecule has 0 aromatic carbocycles. The normalized spacial score (nSPS) is 13.6. The van der Waals surface area contributed by atoms with Crippen LogP contribution in [0.15, 0.2) is 12.2 Å². The number of Topliss-reactive ketones (excluding diaryl/α,β-unsaturated/α-hetero) is 2. The van der Waals surface area contributed by atoms with Gasteiger partial charge in [-0.15, -0.1) is 0 Å². The van der Waals surface area contributed by atoms with Crippen molar-refractivity contribution in [2.45, 2.75) is 52.9 Å². The van der Waals surface area contributed by atoms with Crippen LogP contribution in [0.25, 0.3) is 0 Å². The number of carbonyl (C=O) groups excluding carboxylic acids is 2. The van der Waals surface area contributed by atoms with Crippen molar-refractivity contribution in [3.63, 3.8) is 0 Å². The summed E-state index contributed by atoms with van der Waals surface area (Å²) in [6.45, 7) is 8.69. The topological polar surface area (TPSA) is 71.4 Å². The summed E-state index contributed by atoms with van der Waals surface area (Å²) in [7, 11) is 0. The maximum Gasteiger partial charge on any atom is 0.310 e. The van der Waals surface area contributed by atoms with Gasteiger partial charge < -0.3 is 9.90 Å². The Kier molecular flexibility index (Phi) is 7.96. The van der Waals surface area contributed by atoms with Gasteiger partial charge in [0.1, 0.15) is 11.6 Å². The number of rotatable bonds is 10. The lowest BCUT2D eigenvalue weighted by molar-refractivity contribution is -0.140. The van der Waals surface area contributed by atoms with E-state index in [-0.39, 0.29) is 17.5 Å². The van der Waals surface area contributed by atoms with Crippen LogP contribution in [0.4, 0.5) is 0 Å². The van der Waals surface area contributed by atoms with Crippen molar-refractivity contribution in [2.75, 3.05) is 0 Å². The van der Waals surface area contributed by atoms with Gasteiger partial charge in [-0.05, 0) is 26.7 Å². The molecule has 0 saturated carbocycles. The molecule has 1 N–H and O–H groups in total. The number of aliphatic carboxylic acids is 1. The molecule has 0 spiro atoms. The van der Waals surface area contributed by atoms with E-state index in [0.717, 1.165) is 0 Å². The van der Waals surface area contributed by atoms with Crippen molar-refractivity contribution in [3.8, 4) is 0 Å². The summed E-state index contributed by atoms with van der Waals surface area (Å²) in [6.07, 6.45) is 2.44. The molecule has 0 heterocycles. The first-order valence-corrected chi connectivity index (χ1v) is 6.66. The lowest BCUT2D eigenvalue weighted by Crippen LogP contribution is -2.16. The summed E-state index contributed by atoms with van der Waals surface area (Å²) in [5.41, 5.74) is 0.642. The molecule has 0 amide bonds.